The number of carboxylic acid groups (broad SMARTS) is 1. The number of hydrogen-bond acceptors (Lipinski definition) is 4. The van der Waals surface area contributed by atoms with Gasteiger partial charge in [0.15, 0.2) is 0 Å². The number of nitrogens with zero attached hydrogens (tertiary/aromatic N) is 1. The van der Waals surface area contributed by atoms with Crippen LogP contribution in [0.1, 0.15) is 79.5 Å². The molecule has 0 fully saturated rings. The first-order valence-electron chi connectivity index (χ1n) is 9.46. The standard InChI is InChI=1S/C18H36N2O4.K.H/c1-3-5-6-7-8-9-10-11-12-13-17(21)19-14-15-20(24-4-2)16-18(22)23;;/h3-16H2,1-2H3,(H,19,21)(H,22,23);;/q;+1;-1. The van der Waals surface area contributed by atoms with Crippen molar-refractivity contribution >= 4 is 11.9 Å². The van der Waals surface area contributed by atoms with Crippen LogP contribution in [0.2, 0.25) is 0 Å². The smallest absolute Gasteiger partial charge is 1.00 e. The molecule has 0 aliphatic carbocycles. The first-order valence-corrected chi connectivity index (χ1v) is 9.46. The molecular formula is C18H37KN2O4. The van der Waals surface area contributed by atoms with Gasteiger partial charge in [0, 0.05) is 19.5 Å². The fourth-order valence-electron chi connectivity index (χ4n) is 2.53. The van der Waals surface area contributed by atoms with Gasteiger partial charge in [0.05, 0.1) is 6.61 Å². The summed E-state index contributed by atoms with van der Waals surface area (Å²) in [6, 6.07) is 0. The van der Waals surface area contributed by atoms with Gasteiger partial charge in [-0.15, -0.1) is 0 Å². The van der Waals surface area contributed by atoms with Crippen LogP contribution in [0.3, 0.4) is 0 Å². The number of carboxylic acids is 1. The molecular weight excluding hydrogens is 347 g/mol. The molecule has 0 heterocycles. The summed E-state index contributed by atoms with van der Waals surface area (Å²) < 4.78 is 0. The molecule has 0 rings (SSSR count). The predicted molar refractivity (Wildman–Crippen MR) is 96.8 cm³/mol. The zero-order chi connectivity index (χ0) is 18.0. The summed E-state index contributed by atoms with van der Waals surface area (Å²) in [5, 5.41) is 12.9. The molecule has 25 heavy (non-hydrogen) atoms. The zero-order valence-electron chi connectivity index (χ0n) is 17.5. The average molecular weight is 385 g/mol. The van der Waals surface area contributed by atoms with Crippen molar-refractivity contribution in [1.82, 2.24) is 10.4 Å². The van der Waals surface area contributed by atoms with Gasteiger partial charge in [0.2, 0.25) is 5.91 Å². The van der Waals surface area contributed by atoms with Gasteiger partial charge in [-0.3, -0.25) is 14.4 Å². The first kappa shape index (κ1) is 27.7. The van der Waals surface area contributed by atoms with E-state index in [2.05, 4.69) is 12.2 Å². The van der Waals surface area contributed by atoms with Crippen LogP contribution in [0.15, 0.2) is 0 Å². The molecule has 0 unspecified atom stereocenters. The van der Waals surface area contributed by atoms with Crippen molar-refractivity contribution in [2.75, 3.05) is 26.2 Å². The van der Waals surface area contributed by atoms with Gasteiger partial charge < -0.3 is 11.8 Å². The van der Waals surface area contributed by atoms with Crippen LogP contribution in [0.4, 0.5) is 0 Å². The molecule has 0 aromatic heterocycles. The van der Waals surface area contributed by atoms with Crippen molar-refractivity contribution in [3.8, 4) is 0 Å². The van der Waals surface area contributed by atoms with Gasteiger partial charge in [-0.2, -0.15) is 5.06 Å². The minimum absolute atomic E-state index is 0. The second kappa shape index (κ2) is 20.8. The van der Waals surface area contributed by atoms with E-state index >= 15 is 0 Å². The summed E-state index contributed by atoms with van der Waals surface area (Å²) in [4.78, 5) is 27.6. The van der Waals surface area contributed by atoms with Crippen molar-refractivity contribution in [3.05, 3.63) is 0 Å². The van der Waals surface area contributed by atoms with Crippen LogP contribution in [-0.2, 0) is 14.4 Å². The number of amides is 1. The number of carbonyl (C=O) groups excluding carboxylic acids is 1. The summed E-state index contributed by atoms with van der Waals surface area (Å²) in [6.07, 6.45) is 11.7. The minimum atomic E-state index is -0.940. The van der Waals surface area contributed by atoms with E-state index in [1.165, 1.54) is 50.0 Å². The van der Waals surface area contributed by atoms with E-state index in [0.29, 0.717) is 26.1 Å². The van der Waals surface area contributed by atoms with Crippen LogP contribution >= 0.6 is 0 Å². The molecule has 1 amide bonds. The van der Waals surface area contributed by atoms with Crippen molar-refractivity contribution in [2.45, 2.75) is 78.1 Å². The molecule has 0 radical (unpaired) electrons. The SMILES string of the molecule is CCCCCCCCCCCC(=O)NCCN(CC(=O)O)OCC.[H-].[K+]. The molecule has 0 aliphatic rings. The molecule has 0 aliphatic heterocycles. The van der Waals surface area contributed by atoms with Gasteiger partial charge in [-0.25, -0.2) is 0 Å². The predicted octanol–water partition coefficient (Wildman–Crippen LogP) is 0.478. The summed E-state index contributed by atoms with van der Waals surface area (Å²) in [6.45, 7) is 5.05. The molecule has 0 aromatic carbocycles. The maximum Gasteiger partial charge on any atom is 1.00 e. The van der Waals surface area contributed by atoms with E-state index < -0.39 is 5.97 Å². The third-order valence-electron chi connectivity index (χ3n) is 3.81. The Bertz CT molecular complexity index is 336. The summed E-state index contributed by atoms with van der Waals surface area (Å²) in [7, 11) is 0. The molecule has 0 aromatic rings. The molecule has 0 bridgehead atoms. The van der Waals surface area contributed by atoms with E-state index in [0.717, 1.165) is 12.8 Å². The number of carbonyl (C=O) groups is 2. The van der Waals surface area contributed by atoms with E-state index in [-0.39, 0.29) is 65.3 Å². The fourth-order valence-corrected chi connectivity index (χ4v) is 2.53. The third-order valence-corrected chi connectivity index (χ3v) is 3.81. The summed E-state index contributed by atoms with van der Waals surface area (Å²) in [5.41, 5.74) is 0. The Labute approximate surface area is 197 Å². The van der Waals surface area contributed by atoms with Gasteiger partial charge >= 0.3 is 57.4 Å². The monoisotopic (exact) mass is 384 g/mol. The second-order valence-corrected chi connectivity index (χ2v) is 6.10. The van der Waals surface area contributed by atoms with Gasteiger partial charge in [-0.05, 0) is 13.3 Å². The topological polar surface area (TPSA) is 78.9 Å². The van der Waals surface area contributed by atoms with E-state index in [4.69, 9.17) is 9.94 Å². The van der Waals surface area contributed by atoms with Crippen LogP contribution in [-0.4, -0.2) is 48.3 Å². The molecule has 0 atom stereocenters. The van der Waals surface area contributed by atoms with Crippen molar-refractivity contribution in [1.29, 1.82) is 0 Å². The number of nitrogens with one attached hydrogen (secondary N) is 1. The van der Waals surface area contributed by atoms with Crippen molar-refractivity contribution in [3.63, 3.8) is 0 Å². The summed E-state index contributed by atoms with van der Waals surface area (Å²) >= 11 is 0. The maximum atomic E-state index is 11.7. The van der Waals surface area contributed by atoms with Crippen LogP contribution in [0.5, 0.6) is 0 Å². The Morgan fingerprint density at radius 1 is 1.00 bits per heavy atom. The van der Waals surface area contributed by atoms with Gasteiger partial charge in [0.1, 0.15) is 6.54 Å². The van der Waals surface area contributed by atoms with Crippen LogP contribution < -0.4 is 56.7 Å². The quantitative estimate of drug-likeness (QED) is 0.217. The largest absolute Gasteiger partial charge is 1.00 e. The zero-order valence-corrected chi connectivity index (χ0v) is 19.6. The molecule has 2 N–H and O–H groups in total. The molecule has 6 nitrogen and oxygen atoms in total. The second-order valence-electron chi connectivity index (χ2n) is 6.10. The number of aliphatic carboxylic acids is 1. The Balaban J connectivity index is -0.00000264. The Morgan fingerprint density at radius 2 is 1.56 bits per heavy atom. The Kier molecular flexibility index (Phi) is 23.1. The molecule has 0 saturated carbocycles. The minimum Gasteiger partial charge on any atom is -1.00 e. The van der Waals surface area contributed by atoms with Crippen LogP contribution in [0, 0.1) is 0 Å². The van der Waals surface area contributed by atoms with Gasteiger partial charge in [0.25, 0.3) is 0 Å². The average Bonchev–Trinajstić information content (AvgIpc) is 2.53. The normalized spacial score (nSPS) is 10.5. The van der Waals surface area contributed by atoms with Crippen molar-refractivity contribution in [2.24, 2.45) is 0 Å². The fraction of sp³-hybridized carbons (Fsp3) is 0.889. The number of hydrogen-bond donors (Lipinski definition) is 2. The molecule has 0 spiro atoms. The molecule has 0 saturated heterocycles. The van der Waals surface area contributed by atoms with E-state index in [1.807, 2.05) is 0 Å². The van der Waals surface area contributed by atoms with Gasteiger partial charge in [-0.1, -0.05) is 58.3 Å². The van der Waals surface area contributed by atoms with E-state index in [1.54, 1.807) is 6.92 Å². The van der Waals surface area contributed by atoms with E-state index in [9.17, 15) is 9.59 Å². The number of unbranched alkanes of at least 4 members (excludes halogenated alkanes) is 8. The number of hydroxylamine groups is 2. The molecule has 144 valence electrons. The van der Waals surface area contributed by atoms with Crippen LogP contribution in [0.25, 0.3) is 0 Å². The third kappa shape index (κ3) is 20.7. The summed E-state index contributed by atoms with van der Waals surface area (Å²) in [5.74, 6) is -0.908. The molecule has 7 heteroatoms. The number of rotatable bonds is 17. The van der Waals surface area contributed by atoms with Crippen molar-refractivity contribution < 1.29 is 72.3 Å². The Hall–Kier alpha value is 0.496. The first-order chi connectivity index (χ1) is 11.6. The Morgan fingerprint density at radius 3 is 2.08 bits per heavy atom. The maximum absolute atomic E-state index is 11.7.